The van der Waals surface area contributed by atoms with E-state index < -0.39 is 0 Å². The molecule has 0 unspecified atom stereocenters. The molecule has 0 aliphatic rings. The Labute approximate surface area is 72.2 Å². The summed E-state index contributed by atoms with van der Waals surface area (Å²) in [5, 5.41) is 1.43. The van der Waals surface area contributed by atoms with Crippen molar-refractivity contribution < 1.29 is 0 Å². The molecule has 1 aromatic rings. The van der Waals surface area contributed by atoms with Crippen LogP contribution in [0.5, 0.6) is 0 Å². The Bertz CT molecular complexity index is 264. The van der Waals surface area contributed by atoms with Crippen molar-refractivity contribution in [3.8, 4) is 0 Å². The highest BCUT2D eigenvalue weighted by Crippen LogP contribution is 2.06. The molecule has 0 spiro atoms. The molecule has 1 aromatic carbocycles. The fraction of sp³-hybridized carbons (Fsp3) is 0.111. The van der Waals surface area contributed by atoms with E-state index in [0.29, 0.717) is 5.70 Å². The van der Waals surface area contributed by atoms with Crippen molar-refractivity contribution in [2.45, 2.75) is 0 Å². The number of rotatable bonds is 2. The van der Waals surface area contributed by atoms with Crippen LogP contribution >= 0.6 is 0 Å². The van der Waals surface area contributed by atoms with Crippen LogP contribution < -0.4 is 11.6 Å². The van der Waals surface area contributed by atoms with Gasteiger partial charge in [0.05, 0.1) is 5.70 Å². The van der Waals surface area contributed by atoms with Crippen molar-refractivity contribution >= 4 is 5.70 Å². The van der Waals surface area contributed by atoms with Crippen molar-refractivity contribution in [3.05, 3.63) is 42.1 Å². The van der Waals surface area contributed by atoms with Gasteiger partial charge in [-0.05, 0) is 5.56 Å². The molecule has 0 amide bonds. The summed E-state index contributed by atoms with van der Waals surface area (Å²) in [5.41, 5.74) is 7.38. The number of hydrogen-bond donors (Lipinski definition) is 2. The van der Waals surface area contributed by atoms with E-state index in [1.807, 2.05) is 30.3 Å². The van der Waals surface area contributed by atoms with Gasteiger partial charge in [-0.3, -0.25) is 0 Å². The zero-order chi connectivity index (χ0) is 8.97. The van der Waals surface area contributed by atoms with Crippen molar-refractivity contribution in [2.24, 2.45) is 11.6 Å². The molecule has 3 heteroatoms. The molecule has 3 nitrogen and oxygen atoms in total. The Morgan fingerprint density at radius 2 is 1.92 bits per heavy atom. The maximum absolute atomic E-state index is 5.74. The molecule has 12 heavy (non-hydrogen) atoms. The van der Waals surface area contributed by atoms with E-state index >= 15 is 0 Å². The molecular formula is C9H13N3. The average molecular weight is 163 g/mol. The van der Waals surface area contributed by atoms with Gasteiger partial charge in [0.2, 0.25) is 0 Å². The first-order valence-corrected chi connectivity index (χ1v) is 3.70. The second-order valence-electron chi connectivity index (χ2n) is 2.62. The van der Waals surface area contributed by atoms with E-state index in [9.17, 15) is 0 Å². The zero-order valence-electron chi connectivity index (χ0n) is 7.07. The van der Waals surface area contributed by atoms with Gasteiger partial charge in [0.25, 0.3) is 0 Å². The van der Waals surface area contributed by atoms with E-state index in [2.05, 4.69) is 0 Å². The first-order valence-electron chi connectivity index (χ1n) is 3.70. The summed E-state index contributed by atoms with van der Waals surface area (Å²) in [6.45, 7) is 0. The fourth-order valence-electron chi connectivity index (χ4n) is 0.925. The largest absolute Gasteiger partial charge is 0.397 e. The maximum atomic E-state index is 5.74. The first-order chi connectivity index (χ1) is 5.70. The average Bonchev–Trinajstić information content (AvgIpc) is 2.05. The van der Waals surface area contributed by atoms with Crippen LogP contribution in [0.3, 0.4) is 0 Å². The molecule has 0 atom stereocenters. The molecular weight excluding hydrogens is 150 g/mol. The summed E-state index contributed by atoms with van der Waals surface area (Å²) in [5.74, 6) is 5.41. The lowest BCUT2D eigenvalue weighted by molar-refractivity contribution is 0.486. The minimum absolute atomic E-state index is 0.667. The summed E-state index contributed by atoms with van der Waals surface area (Å²) in [6.07, 6.45) is 1.68. The number of nitrogens with zero attached hydrogens (tertiary/aromatic N) is 1. The van der Waals surface area contributed by atoms with Gasteiger partial charge in [-0.1, -0.05) is 30.3 Å². The van der Waals surface area contributed by atoms with E-state index in [0.717, 1.165) is 5.56 Å². The Kier molecular flexibility index (Phi) is 2.71. The lowest BCUT2D eigenvalue weighted by Crippen LogP contribution is -2.20. The quantitative estimate of drug-likeness (QED) is 0.499. The summed E-state index contributed by atoms with van der Waals surface area (Å²) in [7, 11) is 1.73. The lowest BCUT2D eigenvalue weighted by atomic mass is 10.2. The van der Waals surface area contributed by atoms with Crippen LogP contribution in [0.15, 0.2) is 36.5 Å². The Hall–Kier alpha value is -1.48. The van der Waals surface area contributed by atoms with Crippen molar-refractivity contribution in [1.29, 1.82) is 0 Å². The Morgan fingerprint density at radius 3 is 2.42 bits per heavy atom. The summed E-state index contributed by atoms with van der Waals surface area (Å²) < 4.78 is 0. The number of nitrogens with two attached hydrogens (primary N) is 2. The monoisotopic (exact) mass is 163 g/mol. The van der Waals surface area contributed by atoms with E-state index in [-0.39, 0.29) is 0 Å². The van der Waals surface area contributed by atoms with Gasteiger partial charge in [-0.25, -0.2) is 5.84 Å². The molecule has 0 bridgehead atoms. The predicted molar refractivity (Wildman–Crippen MR) is 50.6 cm³/mol. The maximum Gasteiger partial charge on any atom is 0.0564 e. The fourth-order valence-corrected chi connectivity index (χ4v) is 0.925. The molecule has 0 aliphatic carbocycles. The standard InChI is InChI=1S/C9H13N3/c1-12(11)7-9(10)8-5-3-2-4-6-8/h2-7H,10-11H2,1H3/b9-7-. The van der Waals surface area contributed by atoms with E-state index in [1.54, 1.807) is 13.2 Å². The molecule has 64 valence electrons. The van der Waals surface area contributed by atoms with Gasteiger partial charge in [0.1, 0.15) is 0 Å². The molecule has 0 radical (unpaired) electrons. The molecule has 0 saturated carbocycles. The normalized spacial score (nSPS) is 11.3. The smallest absolute Gasteiger partial charge is 0.0564 e. The molecule has 0 fully saturated rings. The third-order valence-electron chi connectivity index (χ3n) is 1.45. The Morgan fingerprint density at radius 1 is 1.33 bits per heavy atom. The van der Waals surface area contributed by atoms with Crippen LogP contribution in [-0.2, 0) is 0 Å². The van der Waals surface area contributed by atoms with Gasteiger partial charge in [0.15, 0.2) is 0 Å². The van der Waals surface area contributed by atoms with E-state index in [4.69, 9.17) is 11.6 Å². The number of benzene rings is 1. The van der Waals surface area contributed by atoms with Crippen LogP contribution in [-0.4, -0.2) is 12.1 Å². The topological polar surface area (TPSA) is 55.3 Å². The van der Waals surface area contributed by atoms with Gasteiger partial charge < -0.3 is 10.7 Å². The highest BCUT2D eigenvalue weighted by molar-refractivity contribution is 5.61. The first kappa shape index (κ1) is 8.62. The Balaban J connectivity index is 2.85. The third kappa shape index (κ3) is 2.29. The second kappa shape index (κ2) is 3.78. The minimum Gasteiger partial charge on any atom is -0.397 e. The van der Waals surface area contributed by atoms with Crippen LogP contribution in [0, 0.1) is 0 Å². The lowest BCUT2D eigenvalue weighted by Gasteiger charge is -2.07. The van der Waals surface area contributed by atoms with Crippen molar-refractivity contribution in [1.82, 2.24) is 5.01 Å². The van der Waals surface area contributed by atoms with Gasteiger partial charge in [-0.2, -0.15) is 0 Å². The molecule has 0 saturated heterocycles. The highest BCUT2D eigenvalue weighted by Gasteiger charge is 1.93. The summed E-state index contributed by atoms with van der Waals surface area (Å²) >= 11 is 0. The molecule has 4 N–H and O–H groups in total. The van der Waals surface area contributed by atoms with Crippen LogP contribution in [0.1, 0.15) is 5.56 Å². The summed E-state index contributed by atoms with van der Waals surface area (Å²) in [6, 6.07) is 9.70. The third-order valence-corrected chi connectivity index (χ3v) is 1.45. The predicted octanol–water partition coefficient (Wildman–Crippen LogP) is 0.749. The molecule has 1 rings (SSSR count). The van der Waals surface area contributed by atoms with Crippen molar-refractivity contribution in [2.75, 3.05) is 7.05 Å². The zero-order valence-corrected chi connectivity index (χ0v) is 7.07. The SMILES string of the molecule is CN(N)/C=C(\N)c1ccccc1. The van der Waals surface area contributed by atoms with Crippen molar-refractivity contribution in [3.63, 3.8) is 0 Å². The molecule has 0 aromatic heterocycles. The van der Waals surface area contributed by atoms with E-state index in [1.165, 1.54) is 5.01 Å². The number of hydrogen-bond acceptors (Lipinski definition) is 3. The molecule has 0 heterocycles. The van der Waals surface area contributed by atoms with Crippen LogP contribution in [0.2, 0.25) is 0 Å². The summed E-state index contributed by atoms with van der Waals surface area (Å²) in [4.78, 5) is 0. The molecule has 0 aliphatic heterocycles. The number of hydrazine groups is 1. The second-order valence-corrected chi connectivity index (χ2v) is 2.62. The van der Waals surface area contributed by atoms with Crippen LogP contribution in [0.25, 0.3) is 5.70 Å². The minimum atomic E-state index is 0.667. The van der Waals surface area contributed by atoms with Gasteiger partial charge >= 0.3 is 0 Å². The van der Waals surface area contributed by atoms with Gasteiger partial charge in [-0.15, -0.1) is 0 Å². The highest BCUT2D eigenvalue weighted by atomic mass is 15.4. The van der Waals surface area contributed by atoms with Crippen LogP contribution in [0.4, 0.5) is 0 Å². The van der Waals surface area contributed by atoms with Gasteiger partial charge in [0, 0.05) is 13.2 Å².